The summed E-state index contributed by atoms with van der Waals surface area (Å²) in [7, 11) is -1.38. The van der Waals surface area contributed by atoms with Crippen molar-refractivity contribution in [1.29, 1.82) is 0 Å². The monoisotopic (exact) mass is 422 g/mol. The van der Waals surface area contributed by atoms with Gasteiger partial charge in [-0.2, -0.15) is 0 Å². The Morgan fingerprint density at radius 2 is 2.03 bits per heavy atom. The summed E-state index contributed by atoms with van der Waals surface area (Å²) in [5.74, 6) is 1.71. The van der Waals surface area contributed by atoms with Crippen molar-refractivity contribution in [3.05, 3.63) is 29.8 Å². The molecular formula is C21H34N4O3S. The fraction of sp³-hybridized carbons (Fsp3) is 0.667. The SMILES string of the molecule is CCN(CCCNC(=NC)NC1CC2(CCCC2)Oc2ccccc21)S(C)(=O)=O. The number of guanidine groups is 1. The van der Waals surface area contributed by atoms with Crippen LogP contribution >= 0.6 is 0 Å². The highest BCUT2D eigenvalue weighted by Gasteiger charge is 2.43. The van der Waals surface area contributed by atoms with Crippen LogP contribution in [0.5, 0.6) is 5.75 Å². The van der Waals surface area contributed by atoms with Gasteiger partial charge in [0.25, 0.3) is 0 Å². The molecule has 0 amide bonds. The molecule has 162 valence electrons. The quantitative estimate of drug-likeness (QED) is 0.401. The Balaban J connectivity index is 1.60. The first-order valence-corrected chi connectivity index (χ1v) is 12.4. The van der Waals surface area contributed by atoms with Gasteiger partial charge in [-0.1, -0.05) is 25.1 Å². The number of sulfonamides is 1. The van der Waals surface area contributed by atoms with Gasteiger partial charge in [-0.15, -0.1) is 0 Å². The van der Waals surface area contributed by atoms with Crippen LogP contribution in [-0.2, 0) is 10.0 Å². The standard InChI is InChI=1S/C21H34N4O3S/c1-4-25(29(3,26)27)15-9-14-23-20(22-2)24-18-16-21(12-7-8-13-21)28-19-11-6-5-10-17(18)19/h5-6,10-11,18H,4,7-9,12-16H2,1-3H3,(H2,22,23,24). The summed E-state index contributed by atoms with van der Waals surface area (Å²) < 4.78 is 31.3. The van der Waals surface area contributed by atoms with Gasteiger partial charge < -0.3 is 15.4 Å². The maximum atomic E-state index is 11.7. The second kappa shape index (κ2) is 9.34. The second-order valence-corrected chi connectivity index (χ2v) is 10.0. The highest BCUT2D eigenvalue weighted by molar-refractivity contribution is 7.88. The first-order valence-electron chi connectivity index (χ1n) is 10.6. The fourth-order valence-corrected chi connectivity index (χ4v) is 5.38. The first-order chi connectivity index (χ1) is 13.9. The molecule has 1 heterocycles. The van der Waals surface area contributed by atoms with E-state index in [0.29, 0.717) is 19.6 Å². The third-order valence-corrected chi connectivity index (χ3v) is 7.32. The number of hydrogen-bond acceptors (Lipinski definition) is 4. The van der Waals surface area contributed by atoms with Crippen LogP contribution in [0.15, 0.2) is 29.3 Å². The Morgan fingerprint density at radius 3 is 2.69 bits per heavy atom. The van der Waals surface area contributed by atoms with Crippen LogP contribution < -0.4 is 15.4 Å². The maximum absolute atomic E-state index is 11.7. The zero-order valence-electron chi connectivity index (χ0n) is 17.8. The lowest BCUT2D eigenvalue weighted by atomic mass is 9.86. The fourth-order valence-electron chi connectivity index (χ4n) is 4.45. The van der Waals surface area contributed by atoms with E-state index in [1.54, 1.807) is 7.05 Å². The average Bonchev–Trinajstić information content (AvgIpc) is 3.13. The predicted octanol–water partition coefficient (Wildman–Crippen LogP) is 2.66. The molecule has 1 aliphatic carbocycles. The van der Waals surface area contributed by atoms with E-state index in [1.807, 2.05) is 19.1 Å². The number of nitrogens with one attached hydrogen (secondary N) is 2. The molecule has 29 heavy (non-hydrogen) atoms. The van der Waals surface area contributed by atoms with E-state index in [-0.39, 0.29) is 11.6 Å². The summed E-state index contributed by atoms with van der Waals surface area (Å²) in [5.41, 5.74) is 1.10. The van der Waals surface area contributed by atoms with Crippen molar-refractivity contribution < 1.29 is 13.2 Å². The van der Waals surface area contributed by atoms with E-state index < -0.39 is 10.0 Å². The molecule has 2 N–H and O–H groups in total. The Morgan fingerprint density at radius 1 is 1.31 bits per heavy atom. The highest BCUT2D eigenvalue weighted by atomic mass is 32.2. The van der Waals surface area contributed by atoms with Crippen LogP contribution in [0.4, 0.5) is 0 Å². The molecule has 1 aromatic rings. The molecule has 8 heteroatoms. The zero-order valence-corrected chi connectivity index (χ0v) is 18.6. The minimum atomic E-state index is -3.14. The second-order valence-electron chi connectivity index (χ2n) is 8.04. The van der Waals surface area contributed by atoms with Crippen LogP contribution in [0.2, 0.25) is 0 Å². The highest BCUT2D eigenvalue weighted by Crippen LogP contribution is 2.46. The largest absolute Gasteiger partial charge is 0.487 e. The zero-order chi connectivity index (χ0) is 20.9. The van der Waals surface area contributed by atoms with Crippen LogP contribution in [0.25, 0.3) is 0 Å². The summed E-state index contributed by atoms with van der Waals surface area (Å²) >= 11 is 0. The van der Waals surface area contributed by atoms with Gasteiger partial charge in [0.15, 0.2) is 5.96 Å². The van der Waals surface area contributed by atoms with Gasteiger partial charge in [-0.25, -0.2) is 12.7 Å². The number of nitrogens with zero attached hydrogens (tertiary/aromatic N) is 2. The Kier molecular flexibility index (Phi) is 7.05. The summed E-state index contributed by atoms with van der Waals surface area (Å²) in [6.07, 6.45) is 7.55. The number of fused-ring (bicyclic) bond motifs is 1. The molecule has 2 aliphatic rings. The van der Waals surface area contributed by atoms with Gasteiger partial charge in [0.1, 0.15) is 11.4 Å². The lowest BCUT2D eigenvalue weighted by molar-refractivity contribution is 0.0396. The molecule has 7 nitrogen and oxygen atoms in total. The van der Waals surface area contributed by atoms with E-state index >= 15 is 0 Å². The van der Waals surface area contributed by atoms with Crippen LogP contribution in [0.3, 0.4) is 0 Å². The van der Waals surface area contributed by atoms with E-state index in [1.165, 1.54) is 29.0 Å². The minimum Gasteiger partial charge on any atom is -0.487 e. The maximum Gasteiger partial charge on any atom is 0.211 e. The molecule has 0 bridgehead atoms. The molecule has 1 unspecified atom stereocenters. The Bertz CT molecular complexity index is 819. The van der Waals surface area contributed by atoms with Crippen molar-refractivity contribution in [3.8, 4) is 5.75 Å². The van der Waals surface area contributed by atoms with Crippen molar-refractivity contribution in [3.63, 3.8) is 0 Å². The van der Waals surface area contributed by atoms with E-state index in [4.69, 9.17) is 4.74 Å². The molecule has 3 rings (SSSR count). The van der Waals surface area contributed by atoms with E-state index in [0.717, 1.165) is 37.4 Å². The number of aliphatic imine (C=N–C) groups is 1. The summed E-state index contributed by atoms with van der Waals surface area (Å²) in [4.78, 5) is 4.38. The molecule has 1 fully saturated rings. The molecule has 1 spiro atoms. The van der Waals surface area contributed by atoms with Gasteiger partial charge in [-0.3, -0.25) is 4.99 Å². The third-order valence-electron chi connectivity index (χ3n) is 5.94. The molecule has 1 aromatic carbocycles. The lowest BCUT2D eigenvalue weighted by Crippen LogP contribution is -2.47. The summed E-state index contributed by atoms with van der Waals surface area (Å²) in [6.45, 7) is 3.51. The topological polar surface area (TPSA) is 83.0 Å². The number of para-hydroxylation sites is 1. The van der Waals surface area contributed by atoms with Crippen molar-refractivity contribution in [2.75, 3.05) is 32.9 Å². The van der Waals surface area contributed by atoms with Crippen molar-refractivity contribution in [2.45, 2.75) is 57.1 Å². The number of rotatable bonds is 7. The third kappa shape index (κ3) is 5.42. The van der Waals surface area contributed by atoms with Gasteiger partial charge in [0, 0.05) is 38.7 Å². The first kappa shape index (κ1) is 21.9. The molecule has 1 saturated carbocycles. The van der Waals surface area contributed by atoms with Crippen molar-refractivity contribution in [1.82, 2.24) is 14.9 Å². The number of hydrogen-bond donors (Lipinski definition) is 2. The van der Waals surface area contributed by atoms with Crippen molar-refractivity contribution in [2.24, 2.45) is 4.99 Å². The normalized spacial score (nSPS) is 21.1. The molecule has 0 saturated heterocycles. The minimum absolute atomic E-state index is 0.0675. The molecule has 0 aromatic heterocycles. The molecule has 1 aliphatic heterocycles. The van der Waals surface area contributed by atoms with Crippen LogP contribution in [-0.4, -0.2) is 57.2 Å². The summed E-state index contributed by atoms with van der Waals surface area (Å²) in [6, 6.07) is 8.40. The van der Waals surface area contributed by atoms with Gasteiger partial charge in [0.2, 0.25) is 10.0 Å². The van der Waals surface area contributed by atoms with Crippen LogP contribution in [0.1, 0.15) is 57.1 Å². The summed E-state index contributed by atoms with van der Waals surface area (Å²) in [5, 5.41) is 6.91. The molecule has 0 radical (unpaired) electrons. The van der Waals surface area contributed by atoms with E-state index in [2.05, 4.69) is 27.8 Å². The van der Waals surface area contributed by atoms with Gasteiger partial charge in [0.05, 0.1) is 12.3 Å². The van der Waals surface area contributed by atoms with Crippen LogP contribution in [0, 0.1) is 0 Å². The van der Waals surface area contributed by atoms with Gasteiger partial charge in [-0.05, 0) is 38.2 Å². The number of benzene rings is 1. The smallest absolute Gasteiger partial charge is 0.211 e. The lowest BCUT2D eigenvalue weighted by Gasteiger charge is -2.40. The average molecular weight is 423 g/mol. The number of ether oxygens (including phenoxy) is 1. The van der Waals surface area contributed by atoms with Crippen molar-refractivity contribution >= 4 is 16.0 Å². The molecule has 1 atom stereocenters. The Hall–Kier alpha value is -1.80. The Labute approximate surface area is 175 Å². The molecular weight excluding hydrogens is 388 g/mol. The predicted molar refractivity (Wildman–Crippen MR) is 117 cm³/mol. The van der Waals surface area contributed by atoms with E-state index in [9.17, 15) is 8.42 Å². The van der Waals surface area contributed by atoms with Gasteiger partial charge >= 0.3 is 0 Å².